The fourth-order valence-electron chi connectivity index (χ4n) is 3.06. The van der Waals surface area contributed by atoms with E-state index >= 15 is 0 Å². The molecule has 0 bridgehead atoms. The molecule has 0 saturated carbocycles. The van der Waals surface area contributed by atoms with Gasteiger partial charge in [-0.3, -0.25) is 4.79 Å². The molecule has 126 valence electrons. The van der Waals surface area contributed by atoms with Gasteiger partial charge in [-0.15, -0.1) is 0 Å². The first-order valence-electron chi connectivity index (χ1n) is 7.98. The highest BCUT2D eigenvalue weighted by atomic mass is 35.5. The molecule has 1 saturated heterocycles. The van der Waals surface area contributed by atoms with Crippen LogP contribution in [-0.4, -0.2) is 30.5 Å². The molecule has 2 atom stereocenters. The van der Waals surface area contributed by atoms with Gasteiger partial charge in [-0.05, 0) is 35.7 Å². The smallest absolute Gasteiger partial charge is 0.225 e. The fraction of sp³-hybridized carbons (Fsp3) is 0.333. The largest absolute Gasteiger partial charge is 0.355 e. The monoisotopic (exact) mass is 363 g/mol. The third-order valence-corrected chi connectivity index (χ3v) is 4.79. The zero-order chi connectivity index (χ0) is 16.9. The van der Waals surface area contributed by atoms with E-state index in [2.05, 4.69) is 15.6 Å². The van der Waals surface area contributed by atoms with E-state index in [4.69, 9.17) is 23.2 Å². The van der Waals surface area contributed by atoms with Crippen LogP contribution in [0, 0.1) is 5.92 Å². The zero-order valence-electron chi connectivity index (χ0n) is 13.1. The maximum Gasteiger partial charge on any atom is 0.225 e. The van der Waals surface area contributed by atoms with Crippen molar-refractivity contribution < 1.29 is 4.79 Å². The van der Waals surface area contributed by atoms with E-state index in [0.29, 0.717) is 23.3 Å². The lowest BCUT2D eigenvalue weighted by Gasteiger charge is -2.18. The minimum absolute atomic E-state index is 0.0713. The summed E-state index contributed by atoms with van der Waals surface area (Å²) in [6, 6.07) is 11.4. The average molecular weight is 364 g/mol. The van der Waals surface area contributed by atoms with Gasteiger partial charge in [0.2, 0.25) is 5.91 Å². The molecule has 1 aliphatic heterocycles. The average Bonchev–Trinajstić information content (AvgIpc) is 3.05. The van der Waals surface area contributed by atoms with E-state index in [0.717, 1.165) is 24.1 Å². The first kappa shape index (κ1) is 17.2. The van der Waals surface area contributed by atoms with Crippen LogP contribution in [0.4, 0.5) is 0 Å². The van der Waals surface area contributed by atoms with Gasteiger partial charge in [0, 0.05) is 36.8 Å². The van der Waals surface area contributed by atoms with Crippen LogP contribution in [-0.2, 0) is 11.2 Å². The van der Waals surface area contributed by atoms with Crippen LogP contribution < -0.4 is 10.6 Å². The highest BCUT2D eigenvalue weighted by molar-refractivity contribution is 6.30. The quantitative estimate of drug-likeness (QED) is 0.802. The molecular formula is C18H19Cl2N3O. The number of benzene rings is 1. The van der Waals surface area contributed by atoms with Gasteiger partial charge >= 0.3 is 0 Å². The molecule has 2 heterocycles. The second kappa shape index (κ2) is 7.97. The molecule has 1 fully saturated rings. The van der Waals surface area contributed by atoms with E-state index < -0.39 is 0 Å². The number of pyridine rings is 1. The number of halogens is 2. The summed E-state index contributed by atoms with van der Waals surface area (Å²) < 4.78 is 0. The maximum absolute atomic E-state index is 12.5. The van der Waals surface area contributed by atoms with E-state index in [1.165, 1.54) is 0 Å². The molecule has 4 nitrogen and oxygen atoms in total. The van der Waals surface area contributed by atoms with Gasteiger partial charge in [0.1, 0.15) is 5.15 Å². The summed E-state index contributed by atoms with van der Waals surface area (Å²) in [5.74, 6) is 0.107. The maximum atomic E-state index is 12.5. The number of nitrogens with zero attached hydrogens (tertiary/aromatic N) is 1. The Balaban J connectivity index is 1.56. The first-order valence-corrected chi connectivity index (χ1v) is 8.73. The van der Waals surface area contributed by atoms with Crippen molar-refractivity contribution in [2.45, 2.75) is 12.3 Å². The van der Waals surface area contributed by atoms with Crippen LogP contribution >= 0.6 is 23.2 Å². The molecule has 2 N–H and O–H groups in total. The summed E-state index contributed by atoms with van der Waals surface area (Å²) in [5.41, 5.74) is 2.16. The van der Waals surface area contributed by atoms with Crippen molar-refractivity contribution in [3.05, 3.63) is 63.9 Å². The molecule has 24 heavy (non-hydrogen) atoms. The van der Waals surface area contributed by atoms with Crippen molar-refractivity contribution in [1.29, 1.82) is 0 Å². The number of rotatable bonds is 5. The van der Waals surface area contributed by atoms with Gasteiger partial charge in [-0.2, -0.15) is 0 Å². The molecule has 0 radical (unpaired) electrons. The number of amides is 1. The number of aromatic nitrogens is 1. The van der Waals surface area contributed by atoms with Crippen LogP contribution in [0.3, 0.4) is 0 Å². The van der Waals surface area contributed by atoms with Gasteiger partial charge in [-0.1, -0.05) is 41.4 Å². The molecule has 1 aromatic carbocycles. The molecule has 0 aliphatic carbocycles. The summed E-state index contributed by atoms with van der Waals surface area (Å²) >= 11 is 11.8. The molecule has 0 spiro atoms. The Morgan fingerprint density at radius 3 is 2.88 bits per heavy atom. The number of hydrogen-bond acceptors (Lipinski definition) is 3. The standard InChI is InChI=1S/C18H19Cl2N3O/c19-14-3-1-2-12(8-14)6-7-22-18(24)16-11-21-10-15(16)13-4-5-17(20)23-9-13/h1-5,8-9,15-16,21H,6-7,10-11H2,(H,22,24)/t15-,16+/m0/s1. The van der Waals surface area contributed by atoms with Crippen LogP contribution in [0.15, 0.2) is 42.6 Å². The number of hydrogen-bond donors (Lipinski definition) is 2. The molecular weight excluding hydrogens is 345 g/mol. The van der Waals surface area contributed by atoms with Gasteiger partial charge in [0.25, 0.3) is 0 Å². The molecule has 0 unspecified atom stereocenters. The predicted octanol–water partition coefficient (Wildman–Crippen LogP) is 3.05. The molecule has 6 heteroatoms. The molecule has 3 rings (SSSR count). The number of carbonyl (C=O) groups excluding carboxylic acids is 1. The number of carbonyl (C=O) groups is 1. The summed E-state index contributed by atoms with van der Waals surface area (Å²) in [6.07, 6.45) is 2.52. The van der Waals surface area contributed by atoms with Crippen molar-refractivity contribution in [3.8, 4) is 0 Å². The second-order valence-electron chi connectivity index (χ2n) is 5.96. The molecule has 1 aliphatic rings. The summed E-state index contributed by atoms with van der Waals surface area (Å²) in [7, 11) is 0. The van der Waals surface area contributed by atoms with E-state index in [1.54, 1.807) is 12.3 Å². The van der Waals surface area contributed by atoms with E-state index in [-0.39, 0.29) is 17.7 Å². The van der Waals surface area contributed by atoms with Gasteiger partial charge in [0.05, 0.1) is 5.92 Å². The Hall–Kier alpha value is -1.62. The van der Waals surface area contributed by atoms with Gasteiger partial charge in [0.15, 0.2) is 0 Å². The fourth-order valence-corrected chi connectivity index (χ4v) is 3.39. The normalized spacial score (nSPS) is 20.1. The van der Waals surface area contributed by atoms with Crippen LogP contribution in [0.1, 0.15) is 17.0 Å². The van der Waals surface area contributed by atoms with E-state index in [9.17, 15) is 4.79 Å². The lowest BCUT2D eigenvalue weighted by Crippen LogP contribution is -2.35. The molecule has 1 aromatic heterocycles. The Kier molecular flexibility index (Phi) is 5.72. The Morgan fingerprint density at radius 2 is 2.12 bits per heavy atom. The topological polar surface area (TPSA) is 54.0 Å². The van der Waals surface area contributed by atoms with E-state index in [1.807, 2.05) is 30.3 Å². The Morgan fingerprint density at radius 1 is 1.25 bits per heavy atom. The Bertz CT molecular complexity index is 706. The van der Waals surface area contributed by atoms with Gasteiger partial charge < -0.3 is 10.6 Å². The predicted molar refractivity (Wildman–Crippen MR) is 96.5 cm³/mol. The van der Waals surface area contributed by atoms with Crippen LogP contribution in [0.25, 0.3) is 0 Å². The number of nitrogens with one attached hydrogen (secondary N) is 2. The molecule has 1 amide bonds. The summed E-state index contributed by atoms with van der Waals surface area (Å²) in [6.45, 7) is 2.05. The molecule has 2 aromatic rings. The van der Waals surface area contributed by atoms with Crippen LogP contribution in [0.2, 0.25) is 10.2 Å². The van der Waals surface area contributed by atoms with Crippen molar-refractivity contribution in [2.24, 2.45) is 5.92 Å². The lowest BCUT2D eigenvalue weighted by molar-refractivity contribution is -0.124. The van der Waals surface area contributed by atoms with Crippen molar-refractivity contribution in [3.63, 3.8) is 0 Å². The summed E-state index contributed by atoms with van der Waals surface area (Å²) in [4.78, 5) is 16.7. The second-order valence-corrected chi connectivity index (χ2v) is 6.78. The van der Waals surface area contributed by atoms with Crippen molar-refractivity contribution >= 4 is 29.1 Å². The highest BCUT2D eigenvalue weighted by Crippen LogP contribution is 2.28. The van der Waals surface area contributed by atoms with Crippen molar-refractivity contribution in [2.75, 3.05) is 19.6 Å². The SMILES string of the molecule is O=C(NCCc1cccc(Cl)c1)[C@@H]1CNC[C@H]1c1ccc(Cl)nc1. The third kappa shape index (κ3) is 4.26. The zero-order valence-corrected chi connectivity index (χ0v) is 14.6. The minimum atomic E-state index is -0.0904. The van der Waals surface area contributed by atoms with Crippen molar-refractivity contribution in [1.82, 2.24) is 15.6 Å². The minimum Gasteiger partial charge on any atom is -0.355 e. The van der Waals surface area contributed by atoms with Crippen LogP contribution in [0.5, 0.6) is 0 Å². The Labute approximate surface area is 151 Å². The highest BCUT2D eigenvalue weighted by Gasteiger charge is 2.33. The lowest BCUT2D eigenvalue weighted by atomic mass is 9.89. The van der Waals surface area contributed by atoms with Gasteiger partial charge in [-0.25, -0.2) is 4.98 Å². The summed E-state index contributed by atoms with van der Waals surface area (Å²) in [5, 5.41) is 7.51. The third-order valence-electron chi connectivity index (χ3n) is 4.33. The first-order chi connectivity index (χ1) is 11.6.